The van der Waals surface area contributed by atoms with Crippen LogP contribution in [0.15, 0.2) is 10.5 Å². The van der Waals surface area contributed by atoms with Crippen LogP contribution < -0.4 is 10.1 Å². The lowest BCUT2D eigenvalue weighted by atomic mass is 9.95. The van der Waals surface area contributed by atoms with Crippen LogP contribution in [-0.2, 0) is 0 Å². The lowest BCUT2D eigenvalue weighted by Gasteiger charge is -2.17. The fourth-order valence-corrected chi connectivity index (χ4v) is 2.95. The summed E-state index contributed by atoms with van der Waals surface area (Å²) in [6, 6.07) is 1.76. The first-order valence-electron chi connectivity index (χ1n) is 5.38. The van der Waals surface area contributed by atoms with Gasteiger partial charge in [-0.3, -0.25) is 0 Å². The van der Waals surface area contributed by atoms with Crippen molar-refractivity contribution in [3.63, 3.8) is 0 Å². The summed E-state index contributed by atoms with van der Waals surface area (Å²) in [5.41, 5.74) is 1.37. The minimum absolute atomic E-state index is 0.131. The minimum atomic E-state index is -0.131. The first kappa shape index (κ1) is 11.9. The van der Waals surface area contributed by atoms with E-state index in [0.29, 0.717) is 16.9 Å². The first-order valence-corrected chi connectivity index (χ1v) is 6.17. The predicted octanol–water partition coefficient (Wildman–Crippen LogP) is 2.98. The summed E-state index contributed by atoms with van der Waals surface area (Å²) in [6.07, 6.45) is 0.961. The molecule has 1 aromatic rings. The molecule has 0 aromatic heterocycles. The van der Waals surface area contributed by atoms with E-state index in [1.807, 2.05) is 0 Å². The molecule has 16 heavy (non-hydrogen) atoms. The quantitative estimate of drug-likeness (QED) is 0.903. The van der Waals surface area contributed by atoms with Crippen molar-refractivity contribution in [2.75, 3.05) is 20.2 Å². The van der Waals surface area contributed by atoms with Gasteiger partial charge < -0.3 is 10.1 Å². The zero-order chi connectivity index (χ0) is 11.7. The second kappa shape index (κ2) is 4.72. The van der Waals surface area contributed by atoms with Gasteiger partial charge in [-0.15, -0.1) is 0 Å². The zero-order valence-corrected chi connectivity index (χ0v) is 11.0. The number of rotatable bonds is 2. The van der Waals surface area contributed by atoms with Gasteiger partial charge in [0.05, 0.1) is 11.6 Å². The molecule has 1 saturated heterocycles. The number of aryl methyl sites for hydroxylation is 1. The number of methoxy groups -OCH3 is 1. The van der Waals surface area contributed by atoms with Gasteiger partial charge >= 0.3 is 0 Å². The lowest BCUT2D eigenvalue weighted by Crippen LogP contribution is -2.11. The Kier molecular flexibility index (Phi) is 3.50. The number of benzene rings is 1. The molecule has 0 saturated carbocycles. The van der Waals surface area contributed by atoms with Crippen molar-refractivity contribution in [2.45, 2.75) is 19.3 Å². The van der Waals surface area contributed by atoms with Gasteiger partial charge in [-0.1, -0.05) is 0 Å². The maximum absolute atomic E-state index is 14.2. The van der Waals surface area contributed by atoms with Crippen LogP contribution in [0.3, 0.4) is 0 Å². The Morgan fingerprint density at radius 2 is 2.31 bits per heavy atom. The van der Waals surface area contributed by atoms with Crippen LogP contribution in [0.4, 0.5) is 4.39 Å². The van der Waals surface area contributed by atoms with Crippen LogP contribution in [0.25, 0.3) is 0 Å². The van der Waals surface area contributed by atoms with Crippen LogP contribution in [-0.4, -0.2) is 20.2 Å². The van der Waals surface area contributed by atoms with Gasteiger partial charge in [0.2, 0.25) is 0 Å². The highest BCUT2D eigenvalue weighted by atomic mass is 79.9. The summed E-state index contributed by atoms with van der Waals surface area (Å²) in [7, 11) is 1.58. The predicted molar refractivity (Wildman–Crippen MR) is 65.6 cm³/mol. The Balaban J connectivity index is 2.54. The van der Waals surface area contributed by atoms with Crippen LogP contribution in [0, 0.1) is 12.7 Å². The van der Waals surface area contributed by atoms with Gasteiger partial charge in [0.1, 0.15) is 11.6 Å². The molecular weight excluding hydrogens is 273 g/mol. The van der Waals surface area contributed by atoms with Crippen molar-refractivity contribution in [2.24, 2.45) is 0 Å². The minimum Gasteiger partial charge on any atom is -0.495 e. The Bertz CT molecular complexity index is 402. The molecular formula is C12H15BrFNO. The smallest absolute Gasteiger partial charge is 0.139 e. The van der Waals surface area contributed by atoms with Crippen LogP contribution in [0.1, 0.15) is 23.5 Å². The summed E-state index contributed by atoms with van der Waals surface area (Å²) < 4.78 is 20.3. The highest BCUT2D eigenvalue weighted by molar-refractivity contribution is 9.10. The first-order chi connectivity index (χ1) is 7.65. The number of hydrogen-bond donors (Lipinski definition) is 1. The van der Waals surface area contributed by atoms with Gasteiger partial charge in [-0.2, -0.15) is 0 Å². The number of halogens is 2. The van der Waals surface area contributed by atoms with Crippen molar-refractivity contribution >= 4 is 15.9 Å². The molecule has 1 atom stereocenters. The third-order valence-electron chi connectivity index (χ3n) is 3.06. The molecule has 1 N–H and O–H groups in total. The van der Waals surface area contributed by atoms with Crippen molar-refractivity contribution in [3.05, 3.63) is 27.5 Å². The molecule has 1 aliphatic heterocycles. The second-order valence-electron chi connectivity index (χ2n) is 4.13. The molecule has 2 nitrogen and oxygen atoms in total. The van der Waals surface area contributed by atoms with E-state index in [1.54, 1.807) is 20.1 Å². The summed E-state index contributed by atoms with van der Waals surface area (Å²) in [4.78, 5) is 0. The van der Waals surface area contributed by atoms with Crippen LogP contribution >= 0.6 is 15.9 Å². The lowest BCUT2D eigenvalue weighted by molar-refractivity contribution is 0.396. The molecule has 0 amide bonds. The highest BCUT2D eigenvalue weighted by Gasteiger charge is 2.26. The maximum atomic E-state index is 14.2. The van der Waals surface area contributed by atoms with E-state index >= 15 is 0 Å². The molecule has 88 valence electrons. The van der Waals surface area contributed by atoms with Crippen molar-refractivity contribution in [1.29, 1.82) is 0 Å². The molecule has 0 radical (unpaired) electrons. The van der Waals surface area contributed by atoms with E-state index in [0.717, 1.165) is 24.0 Å². The molecule has 2 rings (SSSR count). The molecule has 0 aliphatic carbocycles. The second-order valence-corrected chi connectivity index (χ2v) is 4.98. The largest absolute Gasteiger partial charge is 0.495 e. The van der Waals surface area contributed by atoms with Gasteiger partial charge in [-0.05, 0) is 47.4 Å². The number of nitrogens with one attached hydrogen (secondary N) is 1. The van der Waals surface area contributed by atoms with Gasteiger partial charge in [0.15, 0.2) is 0 Å². The van der Waals surface area contributed by atoms with E-state index in [-0.39, 0.29) is 11.7 Å². The van der Waals surface area contributed by atoms with Crippen LogP contribution in [0.2, 0.25) is 0 Å². The Labute approximate surface area is 103 Å². The Hall–Kier alpha value is -0.610. The molecule has 4 heteroatoms. The fourth-order valence-electron chi connectivity index (χ4n) is 2.23. The fraction of sp³-hybridized carbons (Fsp3) is 0.500. The SMILES string of the molecule is COc1c(Br)cc(C)c(F)c1C1CCNC1. The molecule has 1 aromatic carbocycles. The molecule has 1 heterocycles. The van der Waals surface area contributed by atoms with E-state index in [2.05, 4.69) is 21.2 Å². The molecule has 1 fully saturated rings. The standard InChI is InChI=1S/C12H15BrFNO/c1-7-5-9(13)12(16-2)10(11(7)14)8-3-4-15-6-8/h5,8,15H,3-4,6H2,1-2H3. The summed E-state index contributed by atoms with van der Waals surface area (Å²) in [5, 5.41) is 3.25. The van der Waals surface area contributed by atoms with Crippen molar-refractivity contribution in [1.82, 2.24) is 5.32 Å². The third kappa shape index (κ3) is 1.96. The number of ether oxygens (including phenoxy) is 1. The van der Waals surface area contributed by atoms with E-state index in [9.17, 15) is 4.39 Å². The Morgan fingerprint density at radius 1 is 1.56 bits per heavy atom. The van der Waals surface area contributed by atoms with Crippen molar-refractivity contribution in [3.8, 4) is 5.75 Å². The summed E-state index contributed by atoms with van der Waals surface area (Å²) >= 11 is 3.43. The summed E-state index contributed by atoms with van der Waals surface area (Å²) in [6.45, 7) is 3.55. The number of hydrogen-bond acceptors (Lipinski definition) is 2. The average molecular weight is 288 g/mol. The zero-order valence-electron chi connectivity index (χ0n) is 9.44. The van der Waals surface area contributed by atoms with Crippen molar-refractivity contribution < 1.29 is 9.13 Å². The van der Waals surface area contributed by atoms with Gasteiger partial charge in [-0.25, -0.2) is 4.39 Å². The average Bonchev–Trinajstić information content (AvgIpc) is 2.76. The summed E-state index contributed by atoms with van der Waals surface area (Å²) in [5.74, 6) is 0.719. The topological polar surface area (TPSA) is 21.3 Å². The third-order valence-corrected chi connectivity index (χ3v) is 3.65. The maximum Gasteiger partial charge on any atom is 0.139 e. The van der Waals surface area contributed by atoms with Gasteiger partial charge in [0.25, 0.3) is 0 Å². The van der Waals surface area contributed by atoms with Gasteiger partial charge in [0, 0.05) is 18.0 Å². The van der Waals surface area contributed by atoms with E-state index < -0.39 is 0 Å². The Morgan fingerprint density at radius 3 is 2.88 bits per heavy atom. The molecule has 0 spiro atoms. The highest BCUT2D eigenvalue weighted by Crippen LogP contribution is 2.39. The van der Waals surface area contributed by atoms with E-state index in [1.165, 1.54) is 0 Å². The monoisotopic (exact) mass is 287 g/mol. The molecule has 1 aliphatic rings. The van der Waals surface area contributed by atoms with Crippen LogP contribution in [0.5, 0.6) is 5.75 Å². The van der Waals surface area contributed by atoms with E-state index in [4.69, 9.17) is 4.74 Å². The molecule has 1 unspecified atom stereocenters. The normalized spacial score (nSPS) is 20.1. The molecule has 0 bridgehead atoms.